The van der Waals surface area contributed by atoms with Crippen molar-refractivity contribution in [3.8, 4) is 0 Å². The second-order valence-electron chi connectivity index (χ2n) is 6.34. The highest BCUT2D eigenvalue weighted by Crippen LogP contribution is 2.26. The Kier molecular flexibility index (Phi) is 5.19. The lowest BCUT2D eigenvalue weighted by Crippen LogP contribution is -2.37. The predicted molar refractivity (Wildman–Crippen MR) is 84.6 cm³/mol. The SMILES string of the molecule is CCc1[nH]nc(Cl)c1CN1CCC(OC2CCCC2)CC1. The van der Waals surface area contributed by atoms with Gasteiger partial charge in [0.05, 0.1) is 12.2 Å². The van der Waals surface area contributed by atoms with Gasteiger partial charge in [0.2, 0.25) is 0 Å². The molecule has 1 aliphatic heterocycles. The topological polar surface area (TPSA) is 41.2 Å². The van der Waals surface area contributed by atoms with Gasteiger partial charge in [0.15, 0.2) is 5.15 Å². The Morgan fingerprint density at radius 3 is 2.52 bits per heavy atom. The summed E-state index contributed by atoms with van der Waals surface area (Å²) in [5, 5.41) is 7.80. The number of aryl methyl sites for hydroxylation is 1. The Balaban J connectivity index is 1.48. The maximum Gasteiger partial charge on any atom is 0.155 e. The van der Waals surface area contributed by atoms with Gasteiger partial charge in [-0.05, 0) is 32.1 Å². The van der Waals surface area contributed by atoms with Crippen molar-refractivity contribution >= 4 is 11.6 Å². The Bertz CT molecular complexity index is 448. The minimum absolute atomic E-state index is 0.467. The molecule has 1 aliphatic carbocycles. The van der Waals surface area contributed by atoms with Crippen molar-refractivity contribution in [3.63, 3.8) is 0 Å². The summed E-state index contributed by atoms with van der Waals surface area (Å²) < 4.78 is 6.23. The van der Waals surface area contributed by atoms with E-state index in [-0.39, 0.29) is 0 Å². The van der Waals surface area contributed by atoms with Crippen LogP contribution in [0.2, 0.25) is 5.15 Å². The summed E-state index contributed by atoms with van der Waals surface area (Å²) in [6.45, 7) is 5.24. The van der Waals surface area contributed by atoms with Crippen molar-refractivity contribution < 1.29 is 4.74 Å². The predicted octanol–water partition coefficient (Wildman–Crippen LogP) is 3.55. The number of aromatic amines is 1. The van der Waals surface area contributed by atoms with Gasteiger partial charge >= 0.3 is 0 Å². The number of halogens is 1. The summed E-state index contributed by atoms with van der Waals surface area (Å²) in [6, 6.07) is 0. The average Bonchev–Trinajstić information content (AvgIpc) is 3.12. The van der Waals surface area contributed by atoms with Gasteiger partial charge in [0.25, 0.3) is 0 Å². The Hall–Kier alpha value is -0.580. The molecule has 1 aromatic heterocycles. The third-order valence-corrected chi connectivity index (χ3v) is 5.17. The molecule has 0 radical (unpaired) electrons. The number of aromatic nitrogens is 2. The highest BCUT2D eigenvalue weighted by molar-refractivity contribution is 6.30. The zero-order valence-corrected chi connectivity index (χ0v) is 13.7. The van der Waals surface area contributed by atoms with Crippen LogP contribution in [0.5, 0.6) is 0 Å². The summed E-state index contributed by atoms with van der Waals surface area (Å²) in [6.07, 6.45) is 9.49. The average molecular weight is 312 g/mol. The number of nitrogens with one attached hydrogen (secondary N) is 1. The lowest BCUT2D eigenvalue weighted by Gasteiger charge is -2.33. The van der Waals surface area contributed by atoms with Crippen molar-refractivity contribution in [1.82, 2.24) is 15.1 Å². The van der Waals surface area contributed by atoms with Crippen LogP contribution < -0.4 is 0 Å². The smallest absolute Gasteiger partial charge is 0.155 e. The summed E-state index contributed by atoms with van der Waals surface area (Å²) in [4.78, 5) is 2.48. The number of hydrogen-bond donors (Lipinski definition) is 1. The molecule has 0 atom stereocenters. The second-order valence-corrected chi connectivity index (χ2v) is 6.70. The van der Waals surface area contributed by atoms with E-state index in [0.29, 0.717) is 17.4 Å². The van der Waals surface area contributed by atoms with Gasteiger partial charge in [-0.1, -0.05) is 31.4 Å². The van der Waals surface area contributed by atoms with Crippen molar-refractivity contribution in [2.75, 3.05) is 13.1 Å². The molecule has 1 N–H and O–H groups in total. The molecule has 3 rings (SSSR count). The van der Waals surface area contributed by atoms with E-state index in [2.05, 4.69) is 22.0 Å². The number of ether oxygens (including phenoxy) is 1. The van der Waals surface area contributed by atoms with Crippen LogP contribution in [0.25, 0.3) is 0 Å². The maximum atomic E-state index is 6.23. The van der Waals surface area contributed by atoms with Gasteiger partial charge in [0, 0.05) is 30.9 Å². The zero-order chi connectivity index (χ0) is 14.7. The van der Waals surface area contributed by atoms with Crippen LogP contribution in [0.1, 0.15) is 56.7 Å². The molecular formula is C16H26ClN3O. The summed E-state index contributed by atoms with van der Waals surface area (Å²) in [5.41, 5.74) is 2.35. The first-order chi connectivity index (χ1) is 10.3. The standard InChI is InChI=1S/C16H26ClN3O/c1-2-15-14(16(17)19-18-15)11-20-9-7-13(8-10-20)21-12-5-3-4-6-12/h12-13H,2-11H2,1H3,(H,18,19). The fourth-order valence-electron chi connectivity index (χ4n) is 3.55. The minimum Gasteiger partial charge on any atom is -0.375 e. The molecule has 0 bridgehead atoms. The second kappa shape index (κ2) is 7.12. The number of H-pyrrole nitrogens is 1. The lowest BCUT2D eigenvalue weighted by atomic mass is 10.1. The maximum absolute atomic E-state index is 6.23. The third kappa shape index (κ3) is 3.79. The van der Waals surface area contributed by atoms with Crippen LogP contribution in [0.3, 0.4) is 0 Å². The van der Waals surface area contributed by atoms with E-state index < -0.39 is 0 Å². The number of nitrogens with zero attached hydrogens (tertiary/aromatic N) is 2. The molecule has 1 saturated carbocycles. The Morgan fingerprint density at radius 1 is 1.19 bits per heavy atom. The molecule has 1 saturated heterocycles. The largest absolute Gasteiger partial charge is 0.375 e. The van der Waals surface area contributed by atoms with E-state index in [1.807, 2.05) is 0 Å². The van der Waals surface area contributed by atoms with Crippen LogP contribution in [0.15, 0.2) is 0 Å². The van der Waals surface area contributed by atoms with Crippen LogP contribution in [0, 0.1) is 0 Å². The highest BCUT2D eigenvalue weighted by atomic mass is 35.5. The third-order valence-electron chi connectivity index (χ3n) is 4.86. The number of likely N-dealkylation sites (tertiary alicyclic amines) is 1. The van der Waals surface area contributed by atoms with Crippen molar-refractivity contribution in [2.24, 2.45) is 0 Å². The van der Waals surface area contributed by atoms with Gasteiger partial charge in [-0.25, -0.2) is 0 Å². The first kappa shape index (κ1) is 15.3. The number of piperidine rings is 1. The fourth-order valence-corrected chi connectivity index (χ4v) is 3.77. The molecule has 0 amide bonds. The summed E-state index contributed by atoms with van der Waals surface area (Å²) in [5.74, 6) is 0. The van der Waals surface area contributed by atoms with Gasteiger partial charge in [-0.2, -0.15) is 5.10 Å². The van der Waals surface area contributed by atoms with Crippen molar-refractivity contribution in [2.45, 2.75) is 70.6 Å². The minimum atomic E-state index is 0.467. The van der Waals surface area contributed by atoms with Crippen molar-refractivity contribution in [3.05, 3.63) is 16.4 Å². The molecule has 1 aromatic rings. The van der Waals surface area contributed by atoms with Crippen LogP contribution >= 0.6 is 11.6 Å². The van der Waals surface area contributed by atoms with Gasteiger partial charge < -0.3 is 4.74 Å². The van der Waals surface area contributed by atoms with Gasteiger partial charge in [-0.3, -0.25) is 10.00 Å². The lowest BCUT2D eigenvalue weighted by molar-refractivity contribution is -0.0400. The van der Waals surface area contributed by atoms with E-state index in [1.54, 1.807) is 0 Å². The van der Waals surface area contributed by atoms with Gasteiger partial charge in [-0.15, -0.1) is 0 Å². The molecule has 5 heteroatoms. The Morgan fingerprint density at radius 2 is 1.86 bits per heavy atom. The van der Waals surface area contributed by atoms with Crippen LogP contribution in [-0.4, -0.2) is 40.4 Å². The molecule has 2 heterocycles. The van der Waals surface area contributed by atoms with Gasteiger partial charge in [0.1, 0.15) is 0 Å². The first-order valence-corrected chi connectivity index (χ1v) is 8.73. The molecule has 118 valence electrons. The molecule has 0 aromatic carbocycles. The van der Waals surface area contributed by atoms with E-state index >= 15 is 0 Å². The highest BCUT2D eigenvalue weighted by Gasteiger charge is 2.25. The fraction of sp³-hybridized carbons (Fsp3) is 0.812. The van der Waals surface area contributed by atoms with Crippen molar-refractivity contribution in [1.29, 1.82) is 0 Å². The van der Waals surface area contributed by atoms with Crippen LogP contribution in [-0.2, 0) is 17.7 Å². The Labute approximate surface area is 132 Å². The molecule has 2 aliphatic rings. The molecule has 2 fully saturated rings. The quantitative estimate of drug-likeness (QED) is 0.904. The van der Waals surface area contributed by atoms with Crippen LogP contribution in [0.4, 0.5) is 0 Å². The van der Waals surface area contributed by atoms with E-state index in [1.165, 1.54) is 36.9 Å². The number of hydrogen-bond acceptors (Lipinski definition) is 3. The van der Waals surface area contributed by atoms with E-state index in [4.69, 9.17) is 16.3 Å². The zero-order valence-electron chi connectivity index (χ0n) is 12.9. The molecule has 4 nitrogen and oxygen atoms in total. The van der Waals surface area contributed by atoms with E-state index in [9.17, 15) is 0 Å². The monoisotopic (exact) mass is 311 g/mol. The first-order valence-electron chi connectivity index (χ1n) is 8.35. The molecule has 0 unspecified atom stereocenters. The normalized spacial score (nSPS) is 22.2. The summed E-state index contributed by atoms with van der Waals surface area (Å²) in [7, 11) is 0. The molecular weight excluding hydrogens is 286 g/mol. The molecule has 0 spiro atoms. The summed E-state index contributed by atoms with van der Waals surface area (Å²) >= 11 is 6.19. The van der Waals surface area contributed by atoms with E-state index in [0.717, 1.165) is 38.9 Å². The molecule has 21 heavy (non-hydrogen) atoms. The number of rotatable bonds is 5.